The summed E-state index contributed by atoms with van der Waals surface area (Å²) in [4.78, 5) is 4.25. The summed E-state index contributed by atoms with van der Waals surface area (Å²) in [5, 5.41) is 3.09. The van der Waals surface area contributed by atoms with Crippen LogP contribution >= 0.6 is 0 Å². The van der Waals surface area contributed by atoms with Crippen molar-refractivity contribution in [2.75, 3.05) is 25.6 Å². The molecule has 0 radical (unpaired) electrons. The Kier molecular flexibility index (Phi) is 6.26. The van der Waals surface area contributed by atoms with Gasteiger partial charge in [-0.1, -0.05) is 36.4 Å². The Morgan fingerprint density at radius 2 is 1.82 bits per heavy atom. The van der Waals surface area contributed by atoms with Gasteiger partial charge in [0.05, 0.1) is 13.2 Å². The minimum absolute atomic E-state index is 0.361. The first-order valence-corrected chi connectivity index (χ1v) is 7.11. The number of nitrogens with two attached hydrogens (primary N) is 1. The van der Waals surface area contributed by atoms with Gasteiger partial charge in [0.1, 0.15) is 12.4 Å². The molecule has 0 fully saturated rings. The predicted octanol–water partition coefficient (Wildman–Crippen LogP) is 2.64. The number of benzene rings is 2. The topological polar surface area (TPSA) is 68.9 Å². The van der Waals surface area contributed by atoms with Crippen molar-refractivity contribution in [1.29, 1.82) is 0 Å². The summed E-state index contributed by atoms with van der Waals surface area (Å²) >= 11 is 0. The van der Waals surface area contributed by atoms with Crippen LogP contribution in [0.1, 0.15) is 5.56 Å². The number of aliphatic imine (C=N–C) groups is 1. The molecule has 116 valence electrons. The van der Waals surface area contributed by atoms with Gasteiger partial charge in [-0.25, -0.2) is 4.99 Å². The van der Waals surface area contributed by atoms with Crippen molar-refractivity contribution >= 4 is 11.6 Å². The van der Waals surface area contributed by atoms with Crippen LogP contribution in [0.5, 0.6) is 5.75 Å². The molecule has 5 nitrogen and oxygen atoms in total. The summed E-state index contributed by atoms with van der Waals surface area (Å²) in [6, 6.07) is 17.5. The zero-order valence-corrected chi connectivity index (χ0v) is 12.7. The highest BCUT2D eigenvalue weighted by atomic mass is 16.5. The van der Waals surface area contributed by atoms with E-state index in [1.54, 1.807) is 7.11 Å². The highest BCUT2D eigenvalue weighted by Crippen LogP contribution is 2.15. The molecule has 0 amide bonds. The lowest BCUT2D eigenvalue weighted by Crippen LogP contribution is -2.24. The zero-order valence-electron chi connectivity index (χ0n) is 12.7. The van der Waals surface area contributed by atoms with Crippen LogP contribution in [0.3, 0.4) is 0 Å². The first kappa shape index (κ1) is 15.9. The van der Waals surface area contributed by atoms with Gasteiger partial charge in [0, 0.05) is 18.4 Å². The zero-order chi connectivity index (χ0) is 15.6. The van der Waals surface area contributed by atoms with E-state index in [0.717, 1.165) is 17.0 Å². The Hall–Kier alpha value is -2.53. The van der Waals surface area contributed by atoms with Gasteiger partial charge in [-0.3, -0.25) is 0 Å². The summed E-state index contributed by atoms with van der Waals surface area (Å²) in [6.45, 7) is 1.49. The fraction of sp³-hybridized carbons (Fsp3) is 0.235. The first-order chi connectivity index (χ1) is 10.8. The quantitative estimate of drug-likeness (QED) is 0.468. The lowest BCUT2D eigenvalue weighted by molar-refractivity contribution is 0.185. The highest BCUT2D eigenvalue weighted by molar-refractivity contribution is 5.92. The van der Waals surface area contributed by atoms with Gasteiger partial charge in [0.2, 0.25) is 0 Å². The second-order valence-corrected chi connectivity index (χ2v) is 4.64. The van der Waals surface area contributed by atoms with E-state index in [2.05, 4.69) is 10.3 Å². The van der Waals surface area contributed by atoms with Gasteiger partial charge in [0.15, 0.2) is 5.96 Å². The van der Waals surface area contributed by atoms with Crippen LogP contribution in [0.2, 0.25) is 0 Å². The average molecular weight is 299 g/mol. The first-order valence-electron chi connectivity index (χ1n) is 7.11. The Morgan fingerprint density at radius 1 is 1.09 bits per heavy atom. The molecule has 22 heavy (non-hydrogen) atoms. The fourth-order valence-electron chi connectivity index (χ4n) is 1.95. The van der Waals surface area contributed by atoms with Crippen LogP contribution in [0.25, 0.3) is 0 Å². The lowest BCUT2D eigenvalue weighted by atomic mass is 10.2. The molecule has 0 heterocycles. The molecule has 2 aromatic rings. The van der Waals surface area contributed by atoms with Gasteiger partial charge in [-0.05, 0) is 18.2 Å². The Bertz CT molecular complexity index is 600. The van der Waals surface area contributed by atoms with E-state index in [1.807, 2.05) is 54.6 Å². The predicted molar refractivity (Wildman–Crippen MR) is 89.2 cm³/mol. The summed E-state index contributed by atoms with van der Waals surface area (Å²) in [5.74, 6) is 1.19. The fourth-order valence-corrected chi connectivity index (χ4v) is 1.95. The number of guanidine groups is 1. The van der Waals surface area contributed by atoms with Gasteiger partial charge in [0.25, 0.3) is 0 Å². The van der Waals surface area contributed by atoms with Gasteiger partial charge >= 0.3 is 0 Å². The molecule has 0 aliphatic heterocycles. The molecule has 0 saturated heterocycles. The summed E-state index contributed by atoms with van der Waals surface area (Å²) in [5.41, 5.74) is 7.82. The minimum Gasteiger partial charge on any atom is -0.492 e. The number of anilines is 1. The molecular weight excluding hydrogens is 278 g/mol. The van der Waals surface area contributed by atoms with E-state index < -0.39 is 0 Å². The van der Waals surface area contributed by atoms with Crippen LogP contribution in [0.4, 0.5) is 5.69 Å². The van der Waals surface area contributed by atoms with Crippen molar-refractivity contribution in [3.8, 4) is 5.75 Å². The smallest absolute Gasteiger partial charge is 0.193 e. The van der Waals surface area contributed by atoms with Crippen molar-refractivity contribution in [3.63, 3.8) is 0 Å². The Labute approximate surface area is 130 Å². The molecule has 0 saturated carbocycles. The van der Waals surface area contributed by atoms with Crippen LogP contribution in [-0.2, 0) is 11.3 Å². The highest BCUT2D eigenvalue weighted by Gasteiger charge is 2.02. The molecule has 0 bridgehead atoms. The number of rotatable bonds is 7. The maximum atomic E-state index is 5.89. The van der Waals surface area contributed by atoms with Crippen LogP contribution in [0, 0.1) is 0 Å². The lowest BCUT2D eigenvalue weighted by Gasteiger charge is -2.11. The maximum absolute atomic E-state index is 5.89. The van der Waals surface area contributed by atoms with E-state index in [1.165, 1.54) is 0 Å². The van der Waals surface area contributed by atoms with E-state index >= 15 is 0 Å². The average Bonchev–Trinajstić information content (AvgIpc) is 2.55. The third-order valence-electron chi connectivity index (χ3n) is 2.97. The number of para-hydroxylation sites is 2. The van der Waals surface area contributed by atoms with Crippen molar-refractivity contribution in [2.24, 2.45) is 10.7 Å². The second-order valence-electron chi connectivity index (χ2n) is 4.64. The van der Waals surface area contributed by atoms with E-state index in [4.69, 9.17) is 15.2 Å². The molecule has 2 rings (SSSR count). The van der Waals surface area contributed by atoms with E-state index in [0.29, 0.717) is 25.7 Å². The standard InChI is InChI=1S/C17H21N3O2/c1-21-13-14-7-5-6-10-16(14)20-17(18)19-11-12-22-15-8-3-2-4-9-15/h2-10H,11-13H2,1H3,(H3,18,19,20). The monoisotopic (exact) mass is 299 g/mol. The molecule has 0 unspecified atom stereocenters. The Balaban J connectivity index is 1.83. The molecule has 0 aliphatic rings. The third kappa shape index (κ3) is 5.10. The van der Waals surface area contributed by atoms with Crippen molar-refractivity contribution in [3.05, 3.63) is 60.2 Å². The third-order valence-corrected chi connectivity index (χ3v) is 2.97. The van der Waals surface area contributed by atoms with Crippen molar-refractivity contribution in [1.82, 2.24) is 0 Å². The van der Waals surface area contributed by atoms with Gasteiger partial charge in [-0.2, -0.15) is 0 Å². The normalized spacial score (nSPS) is 11.2. The molecule has 5 heteroatoms. The number of nitrogens with zero attached hydrogens (tertiary/aromatic N) is 1. The number of nitrogens with one attached hydrogen (secondary N) is 1. The van der Waals surface area contributed by atoms with Crippen LogP contribution in [0.15, 0.2) is 59.6 Å². The summed E-state index contributed by atoms with van der Waals surface area (Å²) < 4.78 is 10.7. The van der Waals surface area contributed by atoms with E-state index in [-0.39, 0.29) is 0 Å². The van der Waals surface area contributed by atoms with Crippen LogP contribution in [-0.4, -0.2) is 26.2 Å². The molecule has 0 atom stereocenters. The minimum atomic E-state index is 0.361. The van der Waals surface area contributed by atoms with Crippen molar-refractivity contribution in [2.45, 2.75) is 6.61 Å². The van der Waals surface area contributed by atoms with E-state index in [9.17, 15) is 0 Å². The molecule has 2 aromatic carbocycles. The Morgan fingerprint density at radius 3 is 2.59 bits per heavy atom. The number of hydrogen-bond acceptors (Lipinski definition) is 3. The number of ether oxygens (including phenoxy) is 2. The SMILES string of the molecule is COCc1ccccc1NC(N)=NCCOc1ccccc1. The number of hydrogen-bond donors (Lipinski definition) is 2. The maximum Gasteiger partial charge on any atom is 0.193 e. The molecule has 0 aromatic heterocycles. The van der Waals surface area contributed by atoms with Crippen LogP contribution < -0.4 is 15.8 Å². The van der Waals surface area contributed by atoms with Gasteiger partial charge in [-0.15, -0.1) is 0 Å². The molecule has 0 aliphatic carbocycles. The summed E-state index contributed by atoms with van der Waals surface area (Å²) in [7, 11) is 1.66. The van der Waals surface area contributed by atoms with Crippen molar-refractivity contribution < 1.29 is 9.47 Å². The molecular formula is C17H21N3O2. The second kappa shape index (κ2) is 8.69. The number of methoxy groups -OCH3 is 1. The molecule has 0 spiro atoms. The largest absolute Gasteiger partial charge is 0.492 e. The summed E-state index contributed by atoms with van der Waals surface area (Å²) in [6.07, 6.45) is 0. The van der Waals surface area contributed by atoms with Gasteiger partial charge < -0.3 is 20.5 Å². The molecule has 3 N–H and O–H groups in total.